The highest BCUT2D eigenvalue weighted by molar-refractivity contribution is 5.96. The summed E-state index contributed by atoms with van der Waals surface area (Å²) in [5, 5.41) is 9.28. The molecule has 21 heavy (non-hydrogen) atoms. The summed E-state index contributed by atoms with van der Waals surface area (Å²) in [7, 11) is 1.54. The molecule has 0 atom stereocenters. The lowest BCUT2D eigenvalue weighted by Crippen LogP contribution is -2.56. The fourth-order valence-electron chi connectivity index (χ4n) is 2.49. The fraction of sp³-hybridized carbons (Fsp3) is 0.500. The number of hydrogen-bond donors (Lipinski definition) is 1. The Morgan fingerprint density at radius 3 is 2.62 bits per heavy atom. The molecule has 0 spiro atoms. The largest absolute Gasteiger partial charge is 0.480 e. The quantitative estimate of drug-likeness (QED) is 0.911. The highest BCUT2D eigenvalue weighted by Crippen LogP contribution is 2.29. The van der Waals surface area contributed by atoms with Crippen LogP contribution in [0.15, 0.2) is 18.2 Å². The number of fused-ring (bicyclic) bond motifs is 1. The average Bonchev–Trinajstić information content (AvgIpc) is 2.44. The molecule has 0 saturated heterocycles. The van der Waals surface area contributed by atoms with Crippen molar-refractivity contribution in [2.75, 3.05) is 18.5 Å². The zero-order valence-corrected chi connectivity index (χ0v) is 13.0. The number of aliphatic carboxylic acids is 1. The summed E-state index contributed by atoms with van der Waals surface area (Å²) in [6.45, 7) is 5.72. The van der Waals surface area contributed by atoms with E-state index in [0.29, 0.717) is 6.54 Å². The molecule has 0 radical (unpaired) electrons. The Balaban J connectivity index is 2.32. The summed E-state index contributed by atoms with van der Waals surface area (Å²) >= 11 is 0. The summed E-state index contributed by atoms with van der Waals surface area (Å²) in [4.78, 5) is 27.0. The van der Waals surface area contributed by atoms with Gasteiger partial charge in [0, 0.05) is 19.3 Å². The third-order valence-electron chi connectivity index (χ3n) is 4.23. The average molecular weight is 290 g/mol. The molecule has 1 heterocycles. The van der Waals surface area contributed by atoms with Crippen LogP contribution in [0, 0.1) is 6.92 Å². The molecule has 2 amide bonds. The Kier molecular flexibility index (Phi) is 3.94. The Morgan fingerprint density at radius 2 is 2.00 bits per heavy atom. The lowest BCUT2D eigenvalue weighted by Gasteiger charge is -2.38. The smallest absolute Gasteiger partial charge is 0.329 e. The van der Waals surface area contributed by atoms with E-state index in [2.05, 4.69) is 6.07 Å². The monoisotopic (exact) mass is 290 g/mol. The van der Waals surface area contributed by atoms with Gasteiger partial charge in [-0.1, -0.05) is 17.7 Å². The number of benzene rings is 1. The molecule has 0 unspecified atom stereocenters. The minimum absolute atomic E-state index is 0.271. The predicted octanol–water partition coefficient (Wildman–Crippen LogP) is 2.66. The van der Waals surface area contributed by atoms with Crippen molar-refractivity contribution < 1.29 is 14.7 Å². The third kappa shape index (κ3) is 2.73. The van der Waals surface area contributed by atoms with Gasteiger partial charge in [0.1, 0.15) is 5.54 Å². The molecule has 1 aromatic rings. The number of anilines is 1. The lowest BCUT2D eigenvalue weighted by molar-refractivity contribution is -0.146. The van der Waals surface area contributed by atoms with Gasteiger partial charge >= 0.3 is 12.0 Å². The normalized spacial score (nSPS) is 14.6. The van der Waals surface area contributed by atoms with Crippen LogP contribution in [0.25, 0.3) is 0 Å². The fourth-order valence-corrected chi connectivity index (χ4v) is 2.49. The van der Waals surface area contributed by atoms with Crippen molar-refractivity contribution in [3.63, 3.8) is 0 Å². The molecule has 2 rings (SSSR count). The van der Waals surface area contributed by atoms with Crippen LogP contribution in [-0.4, -0.2) is 41.1 Å². The highest BCUT2D eigenvalue weighted by Gasteiger charge is 2.38. The molecule has 5 heteroatoms. The van der Waals surface area contributed by atoms with Gasteiger partial charge in [0.25, 0.3) is 0 Å². The molecule has 0 fully saturated rings. The van der Waals surface area contributed by atoms with Gasteiger partial charge in [-0.05, 0) is 45.2 Å². The molecular weight excluding hydrogens is 268 g/mol. The van der Waals surface area contributed by atoms with E-state index < -0.39 is 11.5 Å². The van der Waals surface area contributed by atoms with Crippen LogP contribution in [0.1, 0.15) is 31.4 Å². The summed E-state index contributed by atoms with van der Waals surface area (Å²) in [6, 6.07) is 5.75. The van der Waals surface area contributed by atoms with E-state index in [1.165, 1.54) is 24.3 Å². The number of hydrogen-bond acceptors (Lipinski definition) is 2. The molecule has 0 aliphatic carbocycles. The van der Waals surface area contributed by atoms with E-state index in [-0.39, 0.29) is 6.03 Å². The Labute approximate surface area is 125 Å². The van der Waals surface area contributed by atoms with Gasteiger partial charge in [-0.15, -0.1) is 0 Å². The standard InChI is InChI=1S/C16H22N2O3/c1-11-7-8-13-12(10-11)6-5-9-18(13)15(21)17(4)16(2,3)14(19)20/h7-8,10H,5-6,9H2,1-4H3,(H,19,20). The maximum Gasteiger partial charge on any atom is 0.329 e. The Bertz CT molecular complexity index is 581. The maximum absolute atomic E-state index is 12.7. The second-order valence-corrected chi connectivity index (χ2v) is 6.09. The van der Waals surface area contributed by atoms with Crippen LogP contribution in [-0.2, 0) is 11.2 Å². The topological polar surface area (TPSA) is 60.9 Å². The van der Waals surface area contributed by atoms with E-state index in [1.54, 1.807) is 11.9 Å². The van der Waals surface area contributed by atoms with E-state index in [9.17, 15) is 14.7 Å². The number of rotatable bonds is 2. The van der Waals surface area contributed by atoms with Crippen LogP contribution >= 0.6 is 0 Å². The number of carboxylic acid groups (broad SMARTS) is 1. The molecular formula is C16H22N2O3. The zero-order chi connectivity index (χ0) is 15.8. The minimum atomic E-state index is -1.24. The first kappa shape index (κ1) is 15.4. The molecule has 1 aromatic carbocycles. The van der Waals surface area contributed by atoms with Crippen molar-refractivity contribution >= 4 is 17.7 Å². The van der Waals surface area contributed by atoms with Crippen LogP contribution < -0.4 is 4.90 Å². The highest BCUT2D eigenvalue weighted by atomic mass is 16.4. The van der Waals surface area contributed by atoms with E-state index in [1.807, 2.05) is 19.1 Å². The summed E-state index contributed by atoms with van der Waals surface area (Å²) in [5.41, 5.74) is 1.97. The molecule has 1 N–H and O–H groups in total. The molecule has 5 nitrogen and oxygen atoms in total. The van der Waals surface area contributed by atoms with Crippen molar-refractivity contribution in [2.45, 2.75) is 39.2 Å². The number of urea groups is 1. The first-order chi connectivity index (χ1) is 9.75. The van der Waals surface area contributed by atoms with Gasteiger partial charge in [-0.25, -0.2) is 9.59 Å². The molecule has 0 saturated carbocycles. The number of amides is 2. The van der Waals surface area contributed by atoms with Crippen molar-refractivity contribution in [3.05, 3.63) is 29.3 Å². The first-order valence-corrected chi connectivity index (χ1v) is 7.13. The number of likely N-dealkylation sites (N-methyl/N-ethyl adjacent to an activating group) is 1. The number of aryl methyl sites for hydroxylation is 2. The summed E-state index contributed by atoms with van der Waals surface area (Å²) in [5.74, 6) is -1.01. The number of carbonyl (C=O) groups is 2. The number of carboxylic acids is 1. The summed E-state index contributed by atoms with van der Waals surface area (Å²) < 4.78 is 0. The number of nitrogens with zero attached hydrogens (tertiary/aromatic N) is 2. The number of carbonyl (C=O) groups excluding carboxylic acids is 1. The van der Waals surface area contributed by atoms with Crippen LogP contribution in [0.5, 0.6) is 0 Å². The van der Waals surface area contributed by atoms with E-state index in [4.69, 9.17) is 0 Å². The lowest BCUT2D eigenvalue weighted by atomic mass is 9.99. The minimum Gasteiger partial charge on any atom is -0.480 e. The van der Waals surface area contributed by atoms with Crippen molar-refractivity contribution in [2.24, 2.45) is 0 Å². The van der Waals surface area contributed by atoms with Gasteiger partial charge in [0.05, 0.1) is 0 Å². The summed E-state index contributed by atoms with van der Waals surface area (Å²) in [6.07, 6.45) is 1.84. The maximum atomic E-state index is 12.7. The molecule has 1 aliphatic heterocycles. The van der Waals surface area contributed by atoms with Gasteiger partial charge < -0.3 is 10.0 Å². The van der Waals surface area contributed by atoms with Gasteiger partial charge in [0.15, 0.2) is 0 Å². The Hall–Kier alpha value is -2.04. The second-order valence-electron chi connectivity index (χ2n) is 6.09. The first-order valence-electron chi connectivity index (χ1n) is 7.13. The zero-order valence-electron chi connectivity index (χ0n) is 13.0. The molecule has 0 aromatic heterocycles. The second kappa shape index (κ2) is 5.39. The predicted molar refractivity (Wildman–Crippen MR) is 81.7 cm³/mol. The van der Waals surface area contributed by atoms with Crippen LogP contribution in [0.2, 0.25) is 0 Å². The van der Waals surface area contributed by atoms with Crippen LogP contribution in [0.4, 0.5) is 10.5 Å². The SMILES string of the molecule is Cc1ccc2c(c1)CCCN2C(=O)N(C)C(C)(C)C(=O)O. The van der Waals surface area contributed by atoms with Crippen LogP contribution in [0.3, 0.4) is 0 Å². The molecule has 114 valence electrons. The third-order valence-corrected chi connectivity index (χ3v) is 4.23. The van der Waals surface area contributed by atoms with Gasteiger partial charge in [-0.2, -0.15) is 0 Å². The van der Waals surface area contributed by atoms with Gasteiger partial charge in [0.2, 0.25) is 0 Å². The molecule has 1 aliphatic rings. The van der Waals surface area contributed by atoms with Crippen molar-refractivity contribution in [1.29, 1.82) is 0 Å². The van der Waals surface area contributed by atoms with Crippen molar-refractivity contribution in [3.8, 4) is 0 Å². The van der Waals surface area contributed by atoms with E-state index in [0.717, 1.165) is 24.1 Å². The molecule has 0 bridgehead atoms. The van der Waals surface area contributed by atoms with Gasteiger partial charge in [-0.3, -0.25) is 4.90 Å². The Morgan fingerprint density at radius 1 is 1.33 bits per heavy atom. The van der Waals surface area contributed by atoms with Crippen molar-refractivity contribution in [1.82, 2.24) is 4.90 Å². The van der Waals surface area contributed by atoms with E-state index >= 15 is 0 Å².